The highest BCUT2D eigenvalue weighted by Crippen LogP contribution is 2.21. The van der Waals surface area contributed by atoms with E-state index in [2.05, 4.69) is 6.07 Å². The first kappa shape index (κ1) is 12.1. The molecule has 2 aromatic heterocycles. The zero-order valence-electron chi connectivity index (χ0n) is 10.8. The Labute approximate surface area is 116 Å². The first-order chi connectivity index (χ1) is 9.78. The van der Waals surface area contributed by atoms with Gasteiger partial charge in [-0.3, -0.25) is 0 Å². The molecule has 0 fully saturated rings. The van der Waals surface area contributed by atoms with E-state index in [-0.39, 0.29) is 0 Å². The summed E-state index contributed by atoms with van der Waals surface area (Å²) in [4.78, 5) is 0. The molecule has 0 amide bonds. The Morgan fingerprint density at radius 2 is 2.10 bits per heavy atom. The van der Waals surface area contributed by atoms with Crippen molar-refractivity contribution >= 4 is 11.2 Å². The van der Waals surface area contributed by atoms with Gasteiger partial charge in [0.25, 0.3) is 0 Å². The van der Waals surface area contributed by atoms with E-state index >= 15 is 0 Å². The van der Waals surface area contributed by atoms with Crippen molar-refractivity contribution in [1.29, 1.82) is 5.26 Å². The highest BCUT2D eigenvalue weighted by atomic mass is 16.5. The largest absolute Gasteiger partial charge is 0.489 e. The lowest BCUT2D eigenvalue weighted by Crippen LogP contribution is -1.96. The molecule has 0 radical (unpaired) electrons. The molecular formula is C16H13N3O. The highest BCUT2D eigenvalue weighted by molar-refractivity contribution is 5.65. The molecule has 4 heteroatoms. The summed E-state index contributed by atoms with van der Waals surface area (Å²) in [6.07, 6.45) is 3.83. The number of fused-ring (bicyclic) bond motifs is 1. The molecule has 0 aliphatic carbocycles. The minimum Gasteiger partial charge on any atom is -0.489 e. The first-order valence-corrected chi connectivity index (χ1v) is 6.25. The van der Waals surface area contributed by atoms with Crippen LogP contribution in [0.25, 0.3) is 5.52 Å². The Kier molecular flexibility index (Phi) is 3.02. The maximum atomic E-state index is 9.31. The Morgan fingerprint density at radius 3 is 2.90 bits per heavy atom. The second kappa shape index (κ2) is 4.98. The van der Waals surface area contributed by atoms with E-state index in [1.54, 1.807) is 12.1 Å². The zero-order valence-corrected chi connectivity index (χ0v) is 10.8. The van der Waals surface area contributed by atoms with Gasteiger partial charge in [0.1, 0.15) is 18.4 Å². The summed E-state index contributed by atoms with van der Waals surface area (Å²) in [6.45, 7) is 0.341. The number of aromatic nitrogens is 1. The van der Waals surface area contributed by atoms with Gasteiger partial charge < -0.3 is 14.9 Å². The predicted octanol–water partition coefficient (Wildman–Crippen LogP) is 2.97. The molecule has 20 heavy (non-hydrogen) atoms. The van der Waals surface area contributed by atoms with Gasteiger partial charge in [-0.15, -0.1) is 0 Å². The lowest BCUT2D eigenvalue weighted by Gasteiger charge is -2.05. The van der Waals surface area contributed by atoms with Gasteiger partial charge in [-0.2, -0.15) is 5.26 Å². The quantitative estimate of drug-likeness (QED) is 0.739. The minimum absolute atomic E-state index is 0.341. The molecule has 0 saturated heterocycles. The number of nitrogens with zero attached hydrogens (tertiary/aromatic N) is 2. The van der Waals surface area contributed by atoms with Gasteiger partial charge in [-0.05, 0) is 24.3 Å². The molecule has 4 nitrogen and oxygen atoms in total. The molecule has 3 aromatic rings. The standard InChI is InChI=1S/C16H13N3O/c17-9-15-12(10-19-7-2-1-6-16(15)19)11-20-14-5-3-4-13(18)8-14/h1-8,10H,11,18H2. The summed E-state index contributed by atoms with van der Waals surface area (Å²) >= 11 is 0. The third-order valence-electron chi connectivity index (χ3n) is 3.13. The fourth-order valence-electron chi connectivity index (χ4n) is 2.18. The van der Waals surface area contributed by atoms with Crippen LogP contribution in [-0.2, 0) is 6.61 Å². The first-order valence-electron chi connectivity index (χ1n) is 6.25. The topological polar surface area (TPSA) is 63.4 Å². The Hall–Kier alpha value is -2.93. The van der Waals surface area contributed by atoms with E-state index in [0.717, 1.165) is 11.1 Å². The second-order valence-electron chi connectivity index (χ2n) is 4.50. The number of anilines is 1. The van der Waals surface area contributed by atoms with Crippen LogP contribution >= 0.6 is 0 Å². The van der Waals surface area contributed by atoms with Crippen LogP contribution in [-0.4, -0.2) is 4.40 Å². The molecule has 0 unspecified atom stereocenters. The van der Waals surface area contributed by atoms with Crippen LogP contribution in [0.3, 0.4) is 0 Å². The molecule has 0 aliphatic heterocycles. The number of hydrogen-bond donors (Lipinski definition) is 1. The SMILES string of the molecule is N#Cc1c(COc2cccc(N)c2)cn2ccccc12. The zero-order chi connectivity index (χ0) is 13.9. The average molecular weight is 263 g/mol. The Morgan fingerprint density at radius 1 is 1.20 bits per heavy atom. The monoisotopic (exact) mass is 263 g/mol. The van der Waals surface area contributed by atoms with Crippen LogP contribution in [0, 0.1) is 11.3 Å². The van der Waals surface area contributed by atoms with E-state index < -0.39 is 0 Å². The van der Waals surface area contributed by atoms with Gasteiger partial charge in [0.2, 0.25) is 0 Å². The molecule has 2 heterocycles. The predicted molar refractivity (Wildman–Crippen MR) is 77.3 cm³/mol. The lowest BCUT2D eigenvalue weighted by molar-refractivity contribution is 0.306. The molecule has 0 spiro atoms. The lowest BCUT2D eigenvalue weighted by atomic mass is 10.2. The summed E-state index contributed by atoms with van der Waals surface area (Å²) in [6, 6.07) is 15.3. The summed E-state index contributed by atoms with van der Waals surface area (Å²) in [5.74, 6) is 0.698. The summed E-state index contributed by atoms with van der Waals surface area (Å²) in [5, 5.41) is 9.31. The third-order valence-corrected chi connectivity index (χ3v) is 3.13. The number of rotatable bonds is 3. The molecule has 3 rings (SSSR count). The molecule has 1 aromatic carbocycles. The van der Waals surface area contributed by atoms with Gasteiger partial charge in [0.05, 0.1) is 11.1 Å². The van der Waals surface area contributed by atoms with E-state index in [4.69, 9.17) is 10.5 Å². The Balaban J connectivity index is 1.90. The second-order valence-corrected chi connectivity index (χ2v) is 4.50. The van der Waals surface area contributed by atoms with Crippen LogP contribution < -0.4 is 10.5 Å². The highest BCUT2D eigenvalue weighted by Gasteiger charge is 2.10. The van der Waals surface area contributed by atoms with Crippen molar-refractivity contribution in [3.63, 3.8) is 0 Å². The average Bonchev–Trinajstić information content (AvgIpc) is 2.82. The number of ether oxygens (including phenoxy) is 1. The van der Waals surface area contributed by atoms with Gasteiger partial charge in [-0.25, -0.2) is 0 Å². The van der Waals surface area contributed by atoms with Crippen molar-refractivity contribution < 1.29 is 4.74 Å². The van der Waals surface area contributed by atoms with Gasteiger partial charge in [0.15, 0.2) is 0 Å². The molecule has 2 N–H and O–H groups in total. The van der Waals surface area contributed by atoms with Crippen molar-refractivity contribution in [2.24, 2.45) is 0 Å². The molecule has 0 atom stereocenters. The molecule has 0 bridgehead atoms. The summed E-state index contributed by atoms with van der Waals surface area (Å²) < 4.78 is 7.63. The van der Waals surface area contributed by atoms with Crippen LogP contribution in [0.1, 0.15) is 11.1 Å². The van der Waals surface area contributed by atoms with E-state index in [1.165, 1.54) is 0 Å². The van der Waals surface area contributed by atoms with E-state index in [0.29, 0.717) is 23.6 Å². The number of nitrogen functional groups attached to an aromatic ring is 1. The molecular weight excluding hydrogens is 250 g/mol. The van der Waals surface area contributed by atoms with Crippen molar-refractivity contribution in [2.75, 3.05) is 5.73 Å². The van der Waals surface area contributed by atoms with E-state index in [1.807, 2.05) is 47.1 Å². The Bertz CT molecular complexity index is 799. The van der Waals surface area contributed by atoms with Crippen molar-refractivity contribution in [1.82, 2.24) is 4.40 Å². The molecule has 0 saturated carbocycles. The van der Waals surface area contributed by atoms with Crippen molar-refractivity contribution in [3.05, 3.63) is 66.0 Å². The van der Waals surface area contributed by atoms with Crippen LogP contribution in [0.5, 0.6) is 5.75 Å². The number of benzene rings is 1. The number of nitrogens with two attached hydrogens (primary N) is 1. The number of pyridine rings is 1. The van der Waals surface area contributed by atoms with Crippen LogP contribution in [0.15, 0.2) is 54.9 Å². The van der Waals surface area contributed by atoms with Gasteiger partial charge in [-0.1, -0.05) is 12.1 Å². The molecule has 98 valence electrons. The summed E-state index contributed by atoms with van der Waals surface area (Å²) in [7, 11) is 0. The smallest absolute Gasteiger partial charge is 0.121 e. The number of nitriles is 1. The van der Waals surface area contributed by atoms with Crippen LogP contribution in [0.4, 0.5) is 5.69 Å². The number of hydrogen-bond acceptors (Lipinski definition) is 3. The third kappa shape index (κ3) is 2.17. The van der Waals surface area contributed by atoms with Crippen molar-refractivity contribution in [2.45, 2.75) is 6.61 Å². The fraction of sp³-hybridized carbons (Fsp3) is 0.0625. The van der Waals surface area contributed by atoms with Gasteiger partial charge in [0, 0.05) is 29.7 Å². The molecule has 0 aliphatic rings. The fourth-order valence-corrected chi connectivity index (χ4v) is 2.18. The maximum Gasteiger partial charge on any atom is 0.121 e. The van der Waals surface area contributed by atoms with E-state index in [9.17, 15) is 5.26 Å². The van der Waals surface area contributed by atoms with Crippen LogP contribution in [0.2, 0.25) is 0 Å². The van der Waals surface area contributed by atoms with Gasteiger partial charge >= 0.3 is 0 Å². The summed E-state index contributed by atoms with van der Waals surface area (Å²) in [5.41, 5.74) is 8.77. The van der Waals surface area contributed by atoms with Crippen molar-refractivity contribution in [3.8, 4) is 11.8 Å². The normalized spacial score (nSPS) is 10.3. The minimum atomic E-state index is 0.341. The maximum absolute atomic E-state index is 9.31.